The number of halogens is 2. The number of rotatable bonds is 6. The molecule has 0 unspecified atom stereocenters. The van der Waals surface area contributed by atoms with E-state index in [1.165, 1.54) is 5.56 Å². The van der Waals surface area contributed by atoms with Gasteiger partial charge in [0.05, 0.1) is 0 Å². The van der Waals surface area contributed by atoms with Crippen molar-refractivity contribution in [1.82, 2.24) is 9.21 Å². The standard InChI is InChI=1S/C21H24F2N2O3S/c1-2-16-3-5-17(6-4-16)7-10-21(26)24-11-13-25(14-12-24)29(27,28)20-9-8-18(22)15-19(20)23/h3-6,8-9,15H,2,7,10-14H2,1H3. The van der Waals surface area contributed by atoms with Gasteiger partial charge in [-0.1, -0.05) is 31.2 Å². The van der Waals surface area contributed by atoms with Gasteiger partial charge in [0.15, 0.2) is 0 Å². The van der Waals surface area contributed by atoms with Gasteiger partial charge in [-0.15, -0.1) is 0 Å². The molecule has 0 N–H and O–H groups in total. The maximum absolute atomic E-state index is 13.9. The van der Waals surface area contributed by atoms with Crippen LogP contribution >= 0.6 is 0 Å². The molecule has 0 aromatic heterocycles. The van der Waals surface area contributed by atoms with Crippen LogP contribution in [0.5, 0.6) is 0 Å². The number of hydrogen-bond donors (Lipinski definition) is 0. The fraction of sp³-hybridized carbons (Fsp3) is 0.381. The molecular formula is C21H24F2N2O3S. The number of sulfonamides is 1. The summed E-state index contributed by atoms with van der Waals surface area (Å²) >= 11 is 0. The van der Waals surface area contributed by atoms with E-state index in [1.807, 2.05) is 12.1 Å². The van der Waals surface area contributed by atoms with Gasteiger partial charge < -0.3 is 4.90 Å². The molecule has 8 heteroatoms. The highest BCUT2D eigenvalue weighted by Gasteiger charge is 2.31. The van der Waals surface area contributed by atoms with Crippen molar-refractivity contribution in [3.05, 3.63) is 65.2 Å². The van der Waals surface area contributed by atoms with Crippen LogP contribution in [0, 0.1) is 11.6 Å². The predicted octanol–water partition coefficient (Wildman–Crippen LogP) is 2.99. The molecule has 29 heavy (non-hydrogen) atoms. The Morgan fingerprint density at radius 2 is 1.59 bits per heavy atom. The van der Waals surface area contributed by atoms with Crippen LogP contribution in [0.2, 0.25) is 0 Å². The van der Waals surface area contributed by atoms with E-state index < -0.39 is 26.6 Å². The van der Waals surface area contributed by atoms with Crippen molar-refractivity contribution in [2.24, 2.45) is 0 Å². The Kier molecular flexibility index (Phi) is 6.64. The second-order valence-electron chi connectivity index (χ2n) is 7.03. The Morgan fingerprint density at radius 3 is 2.17 bits per heavy atom. The fourth-order valence-corrected chi connectivity index (χ4v) is 4.82. The zero-order valence-corrected chi connectivity index (χ0v) is 17.1. The van der Waals surface area contributed by atoms with E-state index in [4.69, 9.17) is 0 Å². The van der Waals surface area contributed by atoms with Crippen molar-refractivity contribution < 1.29 is 22.0 Å². The second-order valence-corrected chi connectivity index (χ2v) is 8.94. The minimum Gasteiger partial charge on any atom is -0.340 e. The smallest absolute Gasteiger partial charge is 0.246 e. The van der Waals surface area contributed by atoms with Gasteiger partial charge in [0.1, 0.15) is 16.5 Å². The first-order valence-corrected chi connectivity index (χ1v) is 11.1. The maximum Gasteiger partial charge on any atom is 0.246 e. The van der Waals surface area contributed by atoms with Gasteiger partial charge in [0.25, 0.3) is 0 Å². The van der Waals surface area contributed by atoms with Gasteiger partial charge in [-0.25, -0.2) is 17.2 Å². The van der Waals surface area contributed by atoms with Crippen molar-refractivity contribution in [2.45, 2.75) is 31.1 Å². The van der Waals surface area contributed by atoms with Gasteiger partial charge >= 0.3 is 0 Å². The Balaban J connectivity index is 1.55. The van der Waals surface area contributed by atoms with E-state index in [-0.39, 0.29) is 32.1 Å². The largest absolute Gasteiger partial charge is 0.340 e. The monoisotopic (exact) mass is 422 g/mol. The van der Waals surface area contributed by atoms with Crippen LogP contribution in [0.4, 0.5) is 8.78 Å². The molecule has 1 aliphatic rings. The number of hydrogen-bond acceptors (Lipinski definition) is 3. The lowest BCUT2D eigenvalue weighted by Gasteiger charge is -2.34. The zero-order valence-electron chi connectivity index (χ0n) is 16.3. The van der Waals surface area contributed by atoms with E-state index in [0.717, 1.165) is 28.4 Å². The van der Waals surface area contributed by atoms with Crippen LogP contribution in [0.25, 0.3) is 0 Å². The Morgan fingerprint density at radius 1 is 0.966 bits per heavy atom. The van der Waals surface area contributed by atoms with E-state index in [0.29, 0.717) is 18.9 Å². The molecule has 0 radical (unpaired) electrons. The third kappa shape index (κ3) is 5.00. The first-order valence-electron chi connectivity index (χ1n) is 9.62. The van der Waals surface area contributed by atoms with Crippen LogP contribution in [-0.4, -0.2) is 49.7 Å². The number of nitrogens with zero attached hydrogens (tertiary/aromatic N) is 2. The van der Waals surface area contributed by atoms with E-state index in [2.05, 4.69) is 19.1 Å². The molecule has 0 bridgehead atoms. The van der Waals surface area contributed by atoms with Crippen LogP contribution in [-0.2, 0) is 27.7 Å². The number of aryl methyl sites for hydroxylation is 2. The molecule has 1 heterocycles. The summed E-state index contributed by atoms with van der Waals surface area (Å²) in [6.45, 7) is 2.74. The molecule has 0 aliphatic carbocycles. The summed E-state index contributed by atoms with van der Waals surface area (Å²) < 4.78 is 53.3. The van der Waals surface area contributed by atoms with Gasteiger partial charge in [-0.3, -0.25) is 4.79 Å². The number of piperazine rings is 1. The molecule has 2 aromatic carbocycles. The van der Waals surface area contributed by atoms with Crippen LogP contribution in [0.3, 0.4) is 0 Å². The predicted molar refractivity (Wildman–Crippen MR) is 106 cm³/mol. The van der Waals surface area contributed by atoms with E-state index >= 15 is 0 Å². The third-order valence-corrected chi connectivity index (χ3v) is 7.09. The molecule has 1 amide bonds. The van der Waals surface area contributed by atoms with Gasteiger partial charge in [-0.2, -0.15) is 4.31 Å². The minimum absolute atomic E-state index is 0.0328. The van der Waals surface area contributed by atoms with Crippen molar-refractivity contribution in [3.63, 3.8) is 0 Å². The average Bonchev–Trinajstić information content (AvgIpc) is 2.72. The molecule has 0 spiro atoms. The van der Waals surface area contributed by atoms with Crippen LogP contribution in [0.15, 0.2) is 47.4 Å². The second kappa shape index (κ2) is 9.00. The molecule has 0 atom stereocenters. The van der Waals surface area contributed by atoms with E-state index in [9.17, 15) is 22.0 Å². The summed E-state index contributed by atoms with van der Waals surface area (Å²) in [6, 6.07) is 10.6. The molecule has 2 aromatic rings. The molecule has 1 saturated heterocycles. The highest BCUT2D eigenvalue weighted by Crippen LogP contribution is 2.21. The third-order valence-electron chi connectivity index (χ3n) is 5.16. The highest BCUT2D eigenvalue weighted by atomic mass is 32.2. The van der Waals surface area contributed by atoms with Crippen LogP contribution in [0.1, 0.15) is 24.5 Å². The van der Waals surface area contributed by atoms with Gasteiger partial charge in [-0.05, 0) is 36.1 Å². The molecule has 3 rings (SSSR count). The van der Waals surface area contributed by atoms with Gasteiger partial charge in [0, 0.05) is 38.7 Å². The fourth-order valence-electron chi connectivity index (χ4n) is 3.35. The molecular weight excluding hydrogens is 398 g/mol. The maximum atomic E-state index is 13.9. The molecule has 5 nitrogen and oxygen atoms in total. The van der Waals surface area contributed by atoms with Gasteiger partial charge in [0.2, 0.25) is 15.9 Å². The quantitative estimate of drug-likeness (QED) is 0.719. The molecule has 0 saturated carbocycles. The lowest BCUT2D eigenvalue weighted by molar-refractivity contribution is -0.132. The summed E-state index contributed by atoms with van der Waals surface area (Å²) in [5.41, 5.74) is 2.33. The lowest BCUT2D eigenvalue weighted by Crippen LogP contribution is -2.50. The highest BCUT2D eigenvalue weighted by molar-refractivity contribution is 7.89. The van der Waals surface area contributed by atoms with E-state index in [1.54, 1.807) is 4.90 Å². The average molecular weight is 422 g/mol. The first kappa shape index (κ1) is 21.4. The summed E-state index contributed by atoms with van der Waals surface area (Å²) in [5.74, 6) is -1.98. The number of benzene rings is 2. The summed E-state index contributed by atoms with van der Waals surface area (Å²) in [5, 5.41) is 0. The summed E-state index contributed by atoms with van der Waals surface area (Å²) in [7, 11) is -4.07. The summed E-state index contributed by atoms with van der Waals surface area (Å²) in [4.78, 5) is 13.6. The molecule has 156 valence electrons. The Hall–Kier alpha value is -2.32. The number of amides is 1. The summed E-state index contributed by atoms with van der Waals surface area (Å²) in [6.07, 6.45) is 1.95. The van der Waals surface area contributed by atoms with Crippen molar-refractivity contribution in [1.29, 1.82) is 0 Å². The topological polar surface area (TPSA) is 57.7 Å². The molecule has 1 aliphatic heterocycles. The Labute approximate surface area is 170 Å². The lowest BCUT2D eigenvalue weighted by atomic mass is 10.1. The SMILES string of the molecule is CCc1ccc(CCC(=O)N2CCN(S(=O)(=O)c3ccc(F)cc3F)CC2)cc1. The van der Waals surface area contributed by atoms with Crippen LogP contribution < -0.4 is 0 Å². The first-order chi connectivity index (χ1) is 13.8. The number of carbonyl (C=O) groups is 1. The van der Waals surface area contributed by atoms with Crippen molar-refractivity contribution >= 4 is 15.9 Å². The zero-order chi connectivity index (χ0) is 21.0. The normalized spacial score (nSPS) is 15.5. The Bertz CT molecular complexity index is 970. The van der Waals surface area contributed by atoms with Crippen molar-refractivity contribution in [2.75, 3.05) is 26.2 Å². The molecule has 1 fully saturated rings. The number of carbonyl (C=O) groups excluding carboxylic acids is 1. The van der Waals surface area contributed by atoms with Crippen molar-refractivity contribution in [3.8, 4) is 0 Å². The minimum atomic E-state index is -4.07.